The Labute approximate surface area is 112 Å². The molecule has 0 heterocycles. The molecule has 1 amide bonds. The fourth-order valence-corrected chi connectivity index (χ4v) is 1.38. The van der Waals surface area contributed by atoms with Crippen LogP contribution < -0.4 is 10.2 Å². The highest BCUT2D eigenvalue weighted by atomic mass is 16.4. The van der Waals surface area contributed by atoms with Gasteiger partial charge in [0.05, 0.1) is 0 Å². The number of carboxylic acids is 1. The molecule has 1 aromatic rings. The molecule has 0 radical (unpaired) electrons. The Morgan fingerprint density at radius 3 is 2.32 bits per heavy atom. The van der Waals surface area contributed by atoms with E-state index in [9.17, 15) is 9.59 Å². The molecule has 5 nitrogen and oxygen atoms in total. The molecule has 0 spiro atoms. The summed E-state index contributed by atoms with van der Waals surface area (Å²) in [6.07, 6.45) is 2.97. The van der Waals surface area contributed by atoms with Crippen molar-refractivity contribution in [3.63, 3.8) is 0 Å². The highest BCUT2D eigenvalue weighted by molar-refractivity contribution is 5.94. The summed E-state index contributed by atoms with van der Waals surface area (Å²) in [7, 11) is 3.90. The van der Waals surface area contributed by atoms with Crippen LogP contribution in [-0.4, -0.2) is 37.1 Å². The van der Waals surface area contributed by atoms with Gasteiger partial charge < -0.3 is 15.3 Å². The second-order valence-corrected chi connectivity index (χ2v) is 4.39. The molecule has 0 aliphatic rings. The highest BCUT2D eigenvalue weighted by Crippen LogP contribution is 2.12. The number of rotatable bonds is 5. The Balaban J connectivity index is 2.61. The van der Waals surface area contributed by atoms with Crippen molar-refractivity contribution in [3.05, 3.63) is 35.9 Å². The number of anilines is 1. The van der Waals surface area contributed by atoms with Gasteiger partial charge in [0.2, 0.25) is 5.91 Å². The number of amides is 1. The van der Waals surface area contributed by atoms with Crippen LogP contribution in [-0.2, 0) is 9.59 Å². The van der Waals surface area contributed by atoms with E-state index in [0.29, 0.717) is 0 Å². The average molecular weight is 262 g/mol. The van der Waals surface area contributed by atoms with E-state index in [0.717, 1.165) is 11.3 Å². The molecule has 0 fully saturated rings. The quantitative estimate of drug-likeness (QED) is 0.786. The van der Waals surface area contributed by atoms with E-state index in [-0.39, 0.29) is 0 Å². The number of hydrogen-bond acceptors (Lipinski definition) is 3. The number of carboxylic acid groups (broad SMARTS) is 1. The van der Waals surface area contributed by atoms with Crippen molar-refractivity contribution < 1.29 is 14.7 Å². The summed E-state index contributed by atoms with van der Waals surface area (Å²) in [5.41, 5.74) is 1.95. The van der Waals surface area contributed by atoms with Crippen LogP contribution in [0, 0.1) is 0 Å². The molecule has 0 aromatic heterocycles. The predicted octanol–water partition coefficient (Wildman–Crippen LogP) is 1.36. The number of carbonyl (C=O) groups excluding carboxylic acids is 1. The van der Waals surface area contributed by atoms with Gasteiger partial charge in [0.1, 0.15) is 6.04 Å². The second-order valence-electron chi connectivity index (χ2n) is 4.39. The third-order valence-electron chi connectivity index (χ3n) is 2.57. The zero-order chi connectivity index (χ0) is 14.4. The van der Waals surface area contributed by atoms with E-state index in [1.54, 1.807) is 6.08 Å². The topological polar surface area (TPSA) is 69.6 Å². The third kappa shape index (κ3) is 4.83. The molecule has 2 N–H and O–H groups in total. The Morgan fingerprint density at radius 2 is 1.84 bits per heavy atom. The van der Waals surface area contributed by atoms with E-state index in [4.69, 9.17) is 5.11 Å². The SMILES string of the molecule is C[C@@H](NC(=O)/C=C/c1ccc(N(C)C)cc1)C(=O)O. The normalized spacial score (nSPS) is 12.2. The Bertz CT molecular complexity index is 478. The maximum atomic E-state index is 11.4. The van der Waals surface area contributed by atoms with Crippen LogP contribution in [0.15, 0.2) is 30.3 Å². The van der Waals surface area contributed by atoms with E-state index < -0.39 is 17.9 Å². The highest BCUT2D eigenvalue weighted by Gasteiger charge is 2.11. The van der Waals surface area contributed by atoms with Gasteiger partial charge in [-0.1, -0.05) is 12.1 Å². The molecule has 0 saturated carbocycles. The van der Waals surface area contributed by atoms with Crippen LogP contribution in [0.4, 0.5) is 5.69 Å². The fourth-order valence-electron chi connectivity index (χ4n) is 1.38. The minimum Gasteiger partial charge on any atom is -0.480 e. The van der Waals surface area contributed by atoms with Crippen LogP contribution in [0.2, 0.25) is 0 Å². The molecule has 1 aromatic carbocycles. The maximum absolute atomic E-state index is 11.4. The minimum atomic E-state index is -1.06. The van der Waals surface area contributed by atoms with E-state index >= 15 is 0 Å². The van der Waals surface area contributed by atoms with Gasteiger partial charge in [-0.25, -0.2) is 0 Å². The van der Waals surface area contributed by atoms with Gasteiger partial charge in [-0.05, 0) is 30.7 Å². The molecular formula is C14H18N2O3. The van der Waals surface area contributed by atoms with Crippen molar-refractivity contribution in [3.8, 4) is 0 Å². The monoisotopic (exact) mass is 262 g/mol. The van der Waals surface area contributed by atoms with Crippen LogP contribution >= 0.6 is 0 Å². The van der Waals surface area contributed by atoms with Crippen molar-refractivity contribution in [2.45, 2.75) is 13.0 Å². The Hall–Kier alpha value is -2.30. The second kappa shape index (κ2) is 6.58. The van der Waals surface area contributed by atoms with Gasteiger partial charge in [0.25, 0.3) is 0 Å². The summed E-state index contributed by atoms with van der Waals surface area (Å²) in [6, 6.07) is 6.77. The minimum absolute atomic E-state index is 0.424. The van der Waals surface area contributed by atoms with Gasteiger partial charge >= 0.3 is 5.97 Å². The molecule has 0 unspecified atom stereocenters. The summed E-state index contributed by atoms with van der Waals surface area (Å²) in [4.78, 5) is 24.0. The molecule has 0 bridgehead atoms. The van der Waals surface area contributed by atoms with Gasteiger partial charge in [-0.15, -0.1) is 0 Å². The van der Waals surface area contributed by atoms with E-state index in [1.165, 1.54) is 13.0 Å². The number of hydrogen-bond donors (Lipinski definition) is 2. The largest absolute Gasteiger partial charge is 0.480 e. The molecule has 0 aliphatic carbocycles. The fraction of sp³-hybridized carbons (Fsp3) is 0.286. The number of nitrogens with one attached hydrogen (secondary N) is 1. The summed E-state index contributed by atoms with van der Waals surface area (Å²) in [5.74, 6) is -1.48. The van der Waals surface area contributed by atoms with E-state index in [1.807, 2.05) is 43.3 Å². The molecule has 0 aliphatic heterocycles. The van der Waals surface area contributed by atoms with Crippen LogP contribution in [0.5, 0.6) is 0 Å². The van der Waals surface area contributed by atoms with Gasteiger partial charge in [0.15, 0.2) is 0 Å². The first-order valence-corrected chi connectivity index (χ1v) is 5.89. The molecule has 19 heavy (non-hydrogen) atoms. The zero-order valence-electron chi connectivity index (χ0n) is 11.3. The van der Waals surface area contributed by atoms with Crippen LogP contribution in [0.3, 0.4) is 0 Å². The maximum Gasteiger partial charge on any atom is 0.325 e. The first-order valence-electron chi connectivity index (χ1n) is 5.89. The molecule has 0 saturated heterocycles. The Morgan fingerprint density at radius 1 is 1.26 bits per heavy atom. The number of aliphatic carboxylic acids is 1. The lowest BCUT2D eigenvalue weighted by atomic mass is 10.2. The van der Waals surface area contributed by atoms with Crippen molar-refractivity contribution in [1.82, 2.24) is 5.32 Å². The number of carbonyl (C=O) groups is 2. The number of nitrogens with zero attached hydrogens (tertiary/aromatic N) is 1. The summed E-state index contributed by atoms with van der Waals surface area (Å²) < 4.78 is 0. The van der Waals surface area contributed by atoms with Crippen molar-refractivity contribution in [2.75, 3.05) is 19.0 Å². The standard InChI is InChI=1S/C14H18N2O3/c1-10(14(18)19)15-13(17)9-6-11-4-7-12(8-5-11)16(2)3/h4-10H,1-3H3,(H,15,17)(H,18,19)/b9-6+/t10-/m1/s1. The van der Waals surface area contributed by atoms with E-state index in [2.05, 4.69) is 5.32 Å². The van der Waals surface area contributed by atoms with Crippen molar-refractivity contribution >= 4 is 23.6 Å². The van der Waals surface area contributed by atoms with Gasteiger partial charge in [-0.3, -0.25) is 9.59 Å². The lowest BCUT2D eigenvalue weighted by Gasteiger charge is -2.11. The molecule has 102 valence electrons. The van der Waals surface area contributed by atoms with Crippen LogP contribution in [0.1, 0.15) is 12.5 Å². The average Bonchev–Trinajstić information content (AvgIpc) is 2.36. The first kappa shape index (κ1) is 14.8. The van der Waals surface area contributed by atoms with Crippen molar-refractivity contribution in [2.24, 2.45) is 0 Å². The Kier molecular flexibility index (Phi) is 5.11. The summed E-state index contributed by atoms with van der Waals surface area (Å²) in [6.45, 7) is 1.42. The predicted molar refractivity (Wildman–Crippen MR) is 75.0 cm³/mol. The molecule has 1 rings (SSSR count). The first-order chi connectivity index (χ1) is 8.90. The number of benzene rings is 1. The summed E-state index contributed by atoms with van der Waals surface area (Å²) in [5, 5.41) is 11.0. The van der Waals surface area contributed by atoms with Crippen LogP contribution in [0.25, 0.3) is 6.08 Å². The third-order valence-corrected chi connectivity index (χ3v) is 2.57. The zero-order valence-corrected chi connectivity index (χ0v) is 11.3. The van der Waals surface area contributed by atoms with Crippen molar-refractivity contribution in [1.29, 1.82) is 0 Å². The summed E-state index contributed by atoms with van der Waals surface area (Å²) >= 11 is 0. The lowest BCUT2D eigenvalue weighted by molar-refractivity contribution is -0.140. The molecule has 1 atom stereocenters. The molecule has 5 heteroatoms. The molecular weight excluding hydrogens is 244 g/mol. The lowest BCUT2D eigenvalue weighted by Crippen LogP contribution is -2.37. The smallest absolute Gasteiger partial charge is 0.325 e. The van der Waals surface area contributed by atoms with Gasteiger partial charge in [-0.2, -0.15) is 0 Å². The van der Waals surface area contributed by atoms with Gasteiger partial charge in [0, 0.05) is 25.9 Å².